The maximum atomic E-state index is 13.1. The lowest BCUT2D eigenvalue weighted by Crippen LogP contribution is -2.32. The van der Waals surface area contributed by atoms with Crippen molar-refractivity contribution >= 4 is 11.6 Å². The van der Waals surface area contributed by atoms with Crippen LogP contribution in [0.4, 0.5) is 4.39 Å². The molecule has 0 aliphatic carbocycles. The van der Waals surface area contributed by atoms with Crippen molar-refractivity contribution in [1.82, 2.24) is 0 Å². The van der Waals surface area contributed by atoms with Crippen molar-refractivity contribution in [3.8, 4) is 5.75 Å². The number of aliphatic hydroxyl groups excluding tert-OH is 1. The number of halogens is 2. The van der Waals surface area contributed by atoms with E-state index in [0.717, 1.165) is 12.1 Å². The second kappa shape index (κ2) is 4.57. The minimum absolute atomic E-state index is 0.0841. The normalized spacial score (nSPS) is 13.9. The Kier molecular flexibility index (Phi) is 3.78. The van der Waals surface area contributed by atoms with Gasteiger partial charge in [0, 0.05) is 23.6 Å². The molecule has 0 amide bonds. The van der Waals surface area contributed by atoms with Gasteiger partial charge in [-0.25, -0.2) is 4.39 Å². The Morgan fingerprint density at radius 1 is 1.50 bits per heavy atom. The van der Waals surface area contributed by atoms with Crippen LogP contribution in [0.5, 0.6) is 5.75 Å². The Hall–Kier alpha value is -0.840. The minimum Gasteiger partial charge on any atom is -0.506 e. The molecule has 90 valence electrons. The van der Waals surface area contributed by atoms with Gasteiger partial charge < -0.3 is 15.9 Å². The molecule has 0 bridgehead atoms. The Balaban J connectivity index is 3.23. The number of hydrogen-bond donors (Lipinski definition) is 3. The maximum absolute atomic E-state index is 13.1. The summed E-state index contributed by atoms with van der Waals surface area (Å²) < 4.78 is 13.1. The Bertz CT molecular complexity index is 396. The first-order valence-corrected chi connectivity index (χ1v) is 5.21. The number of benzene rings is 1. The van der Waals surface area contributed by atoms with Gasteiger partial charge in [0.25, 0.3) is 0 Å². The van der Waals surface area contributed by atoms with E-state index in [1.807, 2.05) is 0 Å². The number of hydrogen-bond acceptors (Lipinski definition) is 3. The summed E-state index contributed by atoms with van der Waals surface area (Å²) in [7, 11) is 0. The van der Waals surface area contributed by atoms with Crippen molar-refractivity contribution in [3.05, 3.63) is 28.5 Å². The van der Waals surface area contributed by atoms with E-state index in [0.29, 0.717) is 0 Å². The third-order valence-corrected chi connectivity index (χ3v) is 2.93. The van der Waals surface area contributed by atoms with E-state index in [-0.39, 0.29) is 22.9 Å². The molecule has 4 N–H and O–H groups in total. The van der Waals surface area contributed by atoms with E-state index < -0.39 is 17.3 Å². The summed E-state index contributed by atoms with van der Waals surface area (Å²) in [4.78, 5) is 0. The molecular weight excluding hydrogens is 233 g/mol. The second-order valence-electron chi connectivity index (χ2n) is 4.45. The van der Waals surface area contributed by atoms with Gasteiger partial charge in [0.1, 0.15) is 11.6 Å². The summed E-state index contributed by atoms with van der Waals surface area (Å²) in [6.45, 7) is 3.26. The van der Waals surface area contributed by atoms with Crippen molar-refractivity contribution in [1.29, 1.82) is 0 Å². The molecule has 16 heavy (non-hydrogen) atoms. The van der Waals surface area contributed by atoms with Gasteiger partial charge in [-0.3, -0.25) is 0 Å². The quantitative estimate of drug-likeness (QED) is 0.767. The third-order valence-electron chi connectivity index (χ3n) is 2.64. The first kappa shape index (κ1) is 13.2. The van der Waals surface area contributed by atoms with Crippen LogP contribution in [0.3, 0.4) is 0 Å². The van der Waals surface area contributed by atoms with Gasteiger partial charge in [-0.05, 0) is 12.1 Å². The highest BCUT2D eigenvalue weighted by atomic mass is 35.5. The highest BCUT2D eigenvalue weighted by Crippen LogP contribution is 2.38. The number of aromatic hydroxyl groups is 1. The van der Waals surface area contributed by atoms with Crippen LogP contribution in [0.25, 0.3) is 0 Å². The molecule has 0 heterocycles. The number of nitrogens with two attached hydrogens (primary N) is 1. The number of phenols is 1. The lowest BCUT2D eigenvalue weighted by atomic mass is 9.81. The van der Waals surface area contributed by atoms with E-state index in [1.54, 1.807) is 13.8 Å². The summed E-state index contributed by atoms with van der Waals surface area (Å²) in [5.41, 5.74) is 5.40. The second-order valence-corrected chi connectivity index (χ2v) is 4.86. The summed E-state index contributed by atoms with van der Waals surface area (Å²) in [6.07, 6.45) is 0. The fourth-order valence-electron chi connectivity index (χ4n) is 1.34. The van der Waals surface area contributed by atoms with Gasteiger partial charge in [0.15, 0.2) is 0 Å². The molecular formula is C11H15ClFNO2. The fraction of sp³-hybridized carbons (Fsp3) is 0.455. The first-order chi connectivity index (χ1) is 7.29. The molecule has 0 aliphatic heterocycles. The van der Waals surface area contributed by atoms with Crippen LogP contribution in [0, 0.1) is 11.2 Å². The highest BCUT2D eigenvalue weighted by Gasteiger charge is 2.30. The summed E-state index contributed by atoms with van der Waals surface area (Å²) in [5, 5.41) is 18.8. The van der Waals surface area contributed by atoms with E-state index in [2.05, 4.69) is 0 Å². The molecule has 0 aromatic heterocycles. The van der Waals surface area contributed by atoms with Crippen molar-refractivity contribution in [2.45, 2.75) is 19.9 Å². The van der Waals surface area contributed by atoms with E-state index in [4.69, 9.17) is 22.4 Å². The van der Waals surface area contributed by atoms with Crippen LogP contribution in [0.15, 0.2) is 12.1 Å². The molecule has 1 atom stereocenters. The van der Waals surface area contributed by atoms with E-state index in [9.17, 15) is 9.50 Å². The maximum Gasteiger partial charge on any atom is 0.139 e. The Morgan fingerprint density at radius 3 is 2.56 bits per heavy atom. The topological polar surface area (TPSA) is 66.5 Å². The van der Waals surface area contributed by atoms with Crippen LogP contribution >= 0.6 is 11.6 Å². The van der Waals surface area contributed by atoms with Crippen LogP contribution < -0.4 is 5.73 Å². The Morgan fingerprint density at radius 2 is 2.06 bits per heavy atom. The van der Waals surface area contributed by atoms with Gasteiger partial charge in [-0.1, -0.05) is 25.4 Å². The van der Waals surface area contributed by atoms with E-state index in [1.165, 1.54) is 0 Å². The van der Waals surface area contributed by atoms with Gasteiger partial charge in [-0.2, -0.15) is 0 Å². The predicted octanol–water partition coefficient (Wildman–Crippen LogP) is 2.20. The summed E-state index contributed by atoms with van der Waals surface area (Å²) >= 11 is 5.65. The number of phenolic OH excluding ortho intramolecular Hbond substituents is 1. The molecule has 1 rings (SSSR count). The third kappa shape index (κ3) is 2.45. The monoisotopic (exact) mass is 247 g/mol. The van der Waals surface area contributed by atoms with Gasteiger partial charge >= 0.3 is 0 Å². The molecule has 1 aromatic rings. The molecule has 0 aliphatic rings. The molecule has 0 unspecified atom stereocenters. The van der Waals surface area contributed by atoms with Crippen LogP contribution in [0.1, 0.15) is 25.5 Å². The molecule has 3 nitrogen and oxygen atoms in total. The molecule has 1 aromatic carbocycles. The summed E-state index contributed by atoms with van der Waals surface area (Å²) in [5.74, 6) is -0.806. The largest absolute Gasteiger partial charge is 0.506 e. The minimum atomic E-state index is -0.703. The lowest BCUT2D eigenvalue weighted by molar-refractivity contribution is 0.131. The average Bonchev–Trinajstić information content (AvgIpc) is 2.22. The Labute approximate surface area is 98.7 Å². The standard InChI is InChI=1S/C11H15ClFNO2/c1-11(2,5-15)10(14)7-3-6(13)4-8(12)9(7)16/h3-4,10,15-16H,5,14H2,1-2H3/t10-/m0/s1. The van der Waals surface area contributed by atoms with Gasteiger partial charge in [-0.15, -0.1) is 0 Å². The van der Waals surface area contributed by atoms with Gasteiger partial charge in [0.2, 0.25) is 0 Å². The van der Waals surface area contributed by atoms with Gasteiger partial charge in [0.05, 0.1) is 5.02 Å². The summed E-state index contributed by atoms with van der Waals surface area (Å²) in [6, 6.07) is 1.44. The van der Waals surface area contributed by atoms with Crippen LogP contribution in [0.2, 0.25) is 5.02 Å². The van der Waals surface area contributed by atoms with Crippen LogP contribution in [-0.2, 0) is 0 Å². The molecule has 5 heteroatoms. The van der Waals surface area contributed by atoms with Crippen molar-refractivity contribution in [2.75, 3.05) is 6.61 Å². The van der Waals surface area contributed by atoms with Crippen molar-refractivity contribution in [3.63, 3.8) is 0 Å². The average molecular weight is 248 g/mol. The predicted molar refractivity (Wildman–Crippen MR) is 60.9 cm³/mol. The SMILES string of the molecule is CC(C)(CO)[C@@H](N)c1cc(F)cc(Cl)c1O. The zero-order valence-corrected chi connectivity index (χ0v) is 9.92. The van der Waals surface area contributed by atoms with E-state index >= 15 is 0 Å². The molecule has 0 saturated heterocycles. The number of rotatable bonds is 3. The molecule has 0 radical (unpaired) electrons. The fourth-order valence-corrected chi connectivity index (χ4v) is 1.56. The van der Waals surface area contributed by atoms with Crippen LogP contribution in [-0.4, -0.2) is 16.8 Å². The lowest BCUT2D eigenvalue weighted by Gasteiger charge is -2.30. The zero-order chi connectivity index (χ0) is 12.5. The number of aliphatic hydroxyl groups is 1. The molecule has 0 saturated carbocycles. The smallest absolute Gasteiger partial charge is 0.139 e. The first-order valence-electron chi connectivity index (χ1n) is 4.84. The molecule has 0 spiro atoms. The highest BCUT2D eigenvalue weighted by molar-refractivity contribution is 6.32. The van der Waals surface area contributed by atoms with Crippen molar-refractivity contribution in [2.24, 2.45) is 11.1 Å². The van der Waals surface area contributed by atoms with Crippen molar-refractivity contribution < 1.29 is 14.6 Å². The molecule has 0 fully saturated rings. The zero-order valence-electron chi connectivity index (χ0n) is 9.17.